The first-order valence-electron chi connectivity index (χ1n) is 2.64. The second-order valence-corrected chi connectivity index (χ2v) is 2.61. The molecule has 0 atom stereocenters. The smallest absolute Gasteiger partial charge is 0.286 e. The number of alkyl halides is 2. The normalized spacial score (nSPS) is 10.5. The zero-order valence-electron chi connectivity index (χ0n) is 5.14. The van der Waals surface area contributed by atoms with Crippen molar-refractivity contribution in [3.05, 3.63) is 16.4 Å². The molecule has 60 valence electrons. The SMILES string of the molecule is O=C(c1[nH]ncc1Br)C(F)F. The molecule has 11 heavy (non-hydrogen) atoms. The van der Waals surface area contributed by atoms with Crippen LogP contribution in [0.4, 0.5) is 8.78 Å². The van der Waals surface area contributed by atoms with Gasteiger partial charge in [-0.15, -0.1) is 0 Å². The molecular formula is C5H3BrF2N2O. The summed E-state index contributed by atoms with van der Waals surface area (Å²) in [5.74, 6) is -1.26. The molecule has 0 aliphatic rings. The summed E-state index contributed by atoms with van der Waals surface area (Å²) in [6.07, 6.45) is -1.75. The van der Waals surface area contributed by atoms with Crippen LogP contribution < -0.4 is 0 Å². The molecule has 1 N–H and O–H groups in total. The lowest BCUT2D eigenvalue weighted by Gasteiger charge is -1.93. The van der Waals surface area contributed by atoms with E-state index < -0.39 is 12.2 Å². The molecule has 0 radical (unpaired) electrons. The number of ketones is 1. The summed E-state index contributed by atoms with van der Waals surface area (Å²) < 4.78 is 23.8. The van der Waals surface area contributed by atoms with E-state index in [0.717, 1.165) is 0 Å². The minimum atomic E-state index is -2.99. The molecular weight excluding hydrogens is 222 g/mol. The van der Waals surface area contributed by atoms with E-state index in [-0.39, 0.29) is 10.2 Å². The standard InChI is InChI=1S/C5H3BrF2N2O/c6-2-1-9-10-3(2)4(11)5(7)8/h1,5H,(H,9,10). The van der Waals surface area contributed by atoms with Crippen LogP contribution in [0.1, 0.15) is 10.5 Å². The van der Waals surface area contributed by atoms with Gasteiger partial charge in [0.15, 0.2) is 0 Å². The topological polar surface area (TPSA) is 45.8 Å². The summed E-state index contributed by atoms with van der Waals surface area (Å²) >= 11 is 2.89. The Bertz CT molecular complexity index is 273. The number of rotatable bonds is 2. The maximum absolute atomic E-state index is 11.8. The largest absolute Gasteiger partial charge is 0.302 e. The lowest BCUT2D eigenvalue weighted by molar-refractivity contribution is 0.0672. The van der Waals surface area contributed by atoms with E-state index in [2.05, 4.69) is 26.1 Å². The van der Waals surface area contributed by atoms with Crippen molar-refractivity contribution in [3.8, 4) is 0 Å². The van der Waals surface area contributed by atoms with Crippen molar-refractivity contribution in [2.24, 2.45) is 0 Å². The van der Waals surface area contributed by atoms with Gasteiger partial charge in [-0.3, -0.25) is 9.89 Å². The highest BCUT2D eigenvalue weighted by molar-refractivity contribution is 9.10. The minimum Gasteiger partial charge on any atom is -0.286 e. The van der Waals surface area contributed by atoms with Gasteiger partial charge in [0.05, 0.1) is 10.7 Å². The van der Waals surface area contributed by atoms with Crippen molar-refractivity contribution in [2.45, 2.75) is 6.43 Å². The third-order valence-corrected chi connectivity index (χ3v) is 1.64. The Labute approximate surface area is 68.9 Å². The maximum Gasteiger partial charge on any atom is 0.302 e. The Balaban J connectivity index is 2.93. The van der Waals surface area contributed by atoms with Crippen LogP contribution in [0.2, 0.25) is 0 Å². The van der Waals surface area contributed by atoms with Gasteiger partial charge in [0, 0.05) is 0 Å². The lowest BCUT2D eigenvalue weighted by atomic mass is 10.3. The summed E-state index contributed by atoms with van der Waals surface area (Å²) in [4.78, 5) is 10.6. The van der Waals surface area contributed by atoms with Gasteiger partial charge in [-0.05, 0) is 15.9 Å². The van der Waals surface area contributed by atoms with E-state index in [1.807, 2.05) is 0 Å². The van der Waals surface area contributed by atoms with E-state index in [1.54, 1.807) is 0 Å². The van der Waals surface area contributed by atoms with Gasteiger partial charge in [-0.25, -0.2) is 8.78 Å². The highest BCUT2D eigenvalue weighted by Crippen LogP contribution is 2.15. The second kappa shape index (κ2) is 3.08. The van der Waals surface area contributed by atoms with Crippen LogP contribution in [0.5, 0.6) is 0 Å². The van der Waals surface area contributed by atoms with Gasteiger partial charge in [0.2, 0.25) is 5.78 Å². The molecule has 1 rings (SSSR count). The molecule has 1 heterocycles. The summed E-state index contributed by atoms with van der Waals surface area (Å²) in [5, 5.41) is 5.56. The summed E-state index contributed by atoms with van der Waals surface area (Å²) in [6, 6.07) is 0. The zero-order valence-corrected chi connectivity index (χ0v) is 6.73. The molecule has 0 spiro atoms. The number of nitrogens with zero attached hydrogens (tertiary/aromatic N) is 1. The van der Waals surface area contributed by atoms with E-state index in [1.165, 1.54) is 6.20 Å². The van der Waals surface area contributed by atoms with E-state index in [4.69, 9.17) is 0 Å². The average Bonchev–Trinajstić information content (AvgIpc) is 2.33. The average molecular weight is 225 g/mol. The van der Waals surface area contributed by atoms with E-state index in [9.17, 15) is 13.6 Å². The van der Waals surface area contributed by atoms with Crippen molar-refractivity contribution >= 4 is 21.7 Å². The number of carbonyl (C=O) groups excluding carboxylic acids is 1. The van der Waals surface area contributed by atoms with Crippen molar-refractivity contribution in [3.63, 3.8) is 0 Å². The molecule has 0 bridgehead atoms. The van der Waals surface area contributed by atoms with Gasteiger partial charge in [0.1, 0.15) is 5.69 Å². The van der Waals surface area contributed by atoms with E-state index in [0.29, 0.717) is 0 Å². The Hall–Kier alpha value is -0.780. The number of hydrogen-bond acceptors (Lipinski definition) is 2. The number of halogens is 3. The summed E-state index contributed by atoms with van der Waals surface area (Å²) in [7, 11) is 0. The highest BCUT2D eigenvalue weighted by atomic mass is 79.9. The molecule has 0 aromatic carbocycles. The minimum absolute atomic E-state index is 0.194. The zero-order chi connectivity index (χ0) is 8.43. The quantitative estimate of drug-likeness (QED) is 0.777. The predicted octanol–water partition coefficient (Wildman–Crippen LogP) is 1.62. The van der Waals surface area contributed by atoms with Gasteiger partial charge in [-0.2, -0.15) is 5.10 Å². The van der Waals surface area contributed by atoms with Crippen LogP contribution in [-0.4, -0.2) is 22.4 Å². The molecule has 1 aromatic rings. The lowest BCUT2D eigenvalue weighted by Crippen LogP contribution is -2.11. The number of carbonyl (C=O) groups is 1. The van der Waals surface area contributed by atoms with Crippen LogP contribution >= 0.6 is 15.9 Å². The van der Waals surface area contributed by atoms with Crippen molar-refractivity contribution in [2.75, 3.05) is 0 Å². The third-order valence-electron chi connectivity index (χ3n) is 1.04. The number of Topliss-reactive ketones (excluding diaryl/α,β-unsaturated/α-hetero) is 1. The fraction of sp³-hybridized carbons (Fsp3) is 0.200. The molecule has 0 saturated carbocycles. The van der Waals surface area contributed by atoms with Crippen molar-refractivity contribution in [1.29, 1.82) is 0 Å². The number of aromatic nitrogens is 2. The highest BCUT2D eigenvalue weighted by Gasteiger charge is 2.21. The molecule has 0 amide bonds. The Morgan fingerprint density at radius 2 is 2.36 bits per heavy atom. The Kier molecular flexibility index (Phi) is 2.33. The number of H-pyrrole nitrogens is 1. The Morgan fingerprint density at radius 1 is 1.73 bits per heavy atom. The fourth-order valence-electron chi connectivity index (χ4n) is 0.553. The molecule has 1 aromatic heterocycles. The molecule has 3 nitrogen and oxygen atoms in total. The molecule has 0 unspecified atom stereocenters. The molecule has 0 fully saturated rings. The predicted molar refractivity (Wildman–Crippen MR) is 36.6 cm³/mol. The first kappa shape index (κ1) is 8.32. The molecule has 0 saturated heterocycles. The number of aromatic amines is 1. The molecule has 0 aliphatic heterocycles. The fourth-order valence-corrected chi connectivity index (χ4v) is 0.940. The first-order chi connectivity index (χ1) is 5.13. The van der Waals surface area contributed by atoms with Crippen molar-refractivity contribution < 1.29 is 13.6 Å². The van der Waals surface area contributed by atoms with Gasteiger partial charge in [0.25, 0.3) is 0 Å². The van der Waals surface area contributed by atoms with E-state index >= 15 is 0 Å². The first-order valence-corrected chi connectivity index (χ1v) is 3.43. The van der Waals surface area contributed by atoms with Crippen LogP contribution in [0.25, 0.3) is 0 Å². The maximum atomic E-state index is 11.8. The third kappa shape index (κ3) is 1.62. The number of nitrogens with one attached hydrogen (secondary N) is 1. The monoisotopic (exact) mass is 224 g/mol. The summed E-state index contributed by atoms with van der Waals surface area (Å²) in [5.41, 5.74) is -0.194. The van der Waals surface area contributed by atoms with Gasteiger partial charge >= 0.3 is 6.43 Å². The second-order valence-electron chi connectivity index (χ2n) is 1.76. The molecule has 6 heteroatoms. The summed E-state index contributed by atoms with van der Waals surface area (Å²) in [6.45, 7) is 0. The van der Waals surface area contributed by atoms with Gasteiger partial charge < -0.3 is 0 Å². The Morgan fingerprint density at radius 3 is 2.73 bits per heavy atom. The number of hydrogen-bond donors (Lipinski definition) is 1. The van der Waals surface area contributed by atoms with Gasteiger partial charge in [-0.1, -0.05) is 0 Å². The molecule has 0 aliphatic carbocycles. The van der Waals surface area contributed by atoms with Crippen molar-refractivity contribution in [1.82, 2.24) is 10.2 Å². The van der Waals surface area contributed by atoms with Crippen LogP contribution in [-0.2, 0) is 0 Å². The van der Waals surface area contributed by atoms with Crippen LogP contribution in [0.3, 0.4) is 0 Å². The van der Waals surface area contributed by atoms with Crippen LogP contribution in [0.15, 0.2) is 10.7 Å². The van der Waals surface area contributed by atoms with Crippen LogP contribution in [0, 0.1) is 0 Å².